The molecule has 0 aromatic heterocycles. The largest absolute Gasteiger partial charge is 0.478 e. The van der Waals surface area contributed by atoms with Crippen molar-refractivity contribution in [2.75, 3.05) is 7.05 Å². The van der Waals surface area contributed by atoms with Gasteiger partial charge in [-0.3, -0.25) is 0 Å². The van der Waals surface area contributed by atoms with Gasteiger partial charge in [-0.1, -0.05) is 60.7 Å². The summed E-state index contributed by atoms with van der Waals surface area (Å²) in [6.45, 7) is 0. The van der Waals surface area contributed by atoms with Crippen LogP contribution in [0, 0.1) is 0 Å². The van der Waals surface area contributed by atoms with Gasteiger partial charge in [-0.05, 0) is 55.0 Å². The summed E-state index contributed by atoms with van der Waals surface area (Å²) < 4.78 is 0. The van der Waals surface area contributed by atoms with Gasteiger partial charge in [0.05, 0.1) is 0 Å². The molecule has 2 aromatic rings. The zero-order chi connectivity index (χ0) is 21.6. The number of nitrogens with one attached hydrogen (secondary N) is 1. The van der Waals surface area contributed by atoms with E-state index in [0.29, 0.717) is 18.2 Å². The van der Waals surface area contributed by atoms with Gasteiger partial charge in [0.1, 0.15) is 0 Å². The predicted octanol–water partition coefficient (Wildman–Crippen LogP) is 4.33. The van der Waals surface area contributed by atoms with Gasteiger partial charge in [-0.15, -0.1) is 0 Å². The van der Waals surface area contributed by atoms with E-state index in [4.69, 9.17) is 10.2 Å². The predicted molar refractivity (Wildman–Crippen MR) is 118 cm³/mol. The van der Waals surface area contributed by atoms with Gasteiger partial charge in [-0.25, -0.2) is 9.59 Å². The molecular weight excluding hydrogens is 378 g/mol. The number of hydrogen-bond donors (Lipinski definition) is 3. The van der Waals surface area contributed by atoms with Gasteiger partial charge in [-0.2, -0.15) is 0 Å². The summed E-state index contributed by atoms with van der Waals surface area (Å²) in [7, 11) is 2.10. The summed E-state index contributed by atoms with van der Waals surface area (Å²) in [4.78, 5) is 19.1. The van der Waals surface area contributed by atoms with Crippen molar-refractivity contribution in [1.29, 1.82) is 0 Å². The van der Waals surface area contributed by atoms with Crippen LogP contribution in [-0.4, -0.2) is 35.2 Å². The second-order valence-electron chi connectivity index (χ2n) is 7.66. The minimum Gasteiger partial charge on any atom is -0.478 e. The highest BCUT2D eigenvalue weighted by Gasteiger charge is 2.40. The molecule has 0 radical (unpaired) electrons. The van der Waals surface area contributed by atoms with Gasteiger partial charge in [0, 0.05) is 23.6 Å². The van der Waals surface area contributed by atoms with E-state index in [0.717, 1.165) is 0 Å². The van der Waals surface area contributed by atoms with Crippen LogP contribution in [0.5, 0.6) is 0 Å². The van der Waals surface area contributed by atoms with Gasteiger partial charge in [0.2, 0.25) is 0 Å². The Morgan fingerprint density at radius 2 is 1.30 bits per heavy atom. The first-order valence-corrected chi connectivity index (χ1v) is 10.1. The van der Waals surface area contributed by atoms with E-state index >= 15 is 0 Å². The maximum Gasteiger partial charge on any atom is 0.328 e. The molecule has 1 spiro atoms. The highest BCUT2D eigenvalue weighted by atomic mass is 16.4. The Labute approximate surface area is 176 Å². The first-order chi connectivity index (χ1) is 14.5. The van der Waals surface area contributed by atoms with Crippen LogP contribution < -0.4 is 5.32 Å². The van der Waals surface area contributed by atoms with Crippen molar-refractivity contribution in [1.82, 2.24) is 5.32 Å². The van der Waals surface area contributed by atoms with Crippen molar-refractivity contribution in [2.45, 2.75) is 37.1 Å². The lowest BCUT2D eigenvalue weighted by molar-refractivity contribution is -0.134. The molecule has 2 aliphatic rings. The maximum atomic E-state index is 9.55. The van der Waals surface area contributed by atoms with Crippen molar-refractivity contribution in [3.63, 3.8) is 0 Å². The molecule has 1 fully saturated rings. The van der Waals surface area contributed by atoms with Crippen LogP contribution in [0.3, 0.4) is 0 Å². The SMILES string of the molecule is CNC1CCC2(CC1)c1ccccc1C=Cc1ccccc12.O=C(O)/C=C\C(=O)O. The molecule has 1 saturated carbocycles. The molecule has 156 valence electrons. The quantitative estimate of drug-likeness (QED) is 0.662. The molecule has 0 aliphatic heterocycles. The molecule has 2 aromatic carbocycles. The standard InChI is InChI=1S/C21H23N.C4H4O4/c1-22-18-12-14-21(15-13-18)19-8-4-2-6-16(19)10-11-17-7-3-5-9-20(17)21;5-3(6)1-2-4(7)8/h2-11,18,22H,12-15H2,1H3;1-2H,(H,5,6)(H,7,8)/b;2-1-. The van der Waals surface area contributed by atoms with Crippen molar-refractivity contribution in [3.05, 3.63) is 82.9 Å². The monoisotopic (exact) mass is 405 g/mol. The first kappa shape index (κ1) is 21.5. The Kier molecular flexibility index (Phi) is 6.85. The van der Waals surface area contributed by atoms with Crippen LogP contribution in [0.1, 0.15) is 47.9 Å². The highest BCUT2D eigenvalue weighted by molar-refractivity contribution is 5.89. The molecule has 2 aliphatic carbocycles. The maximum absolute atomic E-state index is 9.55. The number of carboxylic acids is 2. The van der Waals surface area contributed by atoms with E-state index < -0.39 is 11.9 Å². The number of benzene rings is 2. The molecule has 5 nitrogen and oxygen atoms in total. The summed E-state index contributed by atoms with van der Waals surface area (Å²) in [5.74, 6) is -2.51. The van der Waals surface area contributed by atoms with Gasteiger partial charge in [0.15, 0.2) is 0 Å². The fraction of sp³-hybridized carbons (Fsp3) is 0.280. The van der Waals surface area contributed by atoms with Gasteiger partial charge < -0.3 is 15.5 Å². The smallest absolute Gasteiger partial charge is 0.328 e. The molecule has 4 rings (SSSR count). The van der Waals surface area contributed by atoms with Crippen molar-refractivity contribution in [3.8, 4) is 0 Å². The molecule has 0 bridgehead atoms. The Balaban J connectivity index is 0.000000275. The second kappa shape index (κ2) is 9.55. The van der Waals surface area contributed by atoms with Crippen LogP contribution in [0.25, 0.3) is 12.2 Å². The normalized spacial score (nSPS) is 16.8. The molecule has 0 saturated heterocycles. The van der Waals surface area contributed by atoms with Crippen LogP contribution in [0.15, 0.2) is 60.7 Å². The summed E-state index contributed by atoms with van der Waals surface area (Å²) in [6, 6.07) is 18.6. The van der Waals surface area contributed by atoms with E-state index in [1.807, 2.05) is 0 Å². The minimum absolute atomic E-state index is 0.185. The molecule has 0 amide bonds. The van der Waals surface area contributed by atoms with E-state index in [1.54, 1.807) is 0 Å². The number of rotatable bonds is 3. The molecule has 0 unspecified atom stereocenters. The number of carbonyl (C=O) groups is 2. The molecule has 30 heavy (non-hydrogen) atoms. The van der Waals surface area contributed by atoms with Crippen molar-refractivity contribution < 1.29 is 19.8 Å². The molecule has 3 N–H and O–H groups in total. The lowest BCUT2D eigenvalue weighted by Crippen LogP contribution is -2.39. The van der Waals surface area contributed by atoms with E-state index in [9.17, 15) is 9.59 Å². The van der Waals surface area contributed by atoms with E-state index in [-0.39, 0.29) is 5.41 Å². The third-order valence-electron chi connectivity index (χ3n) is 6.01. The Bertz CT molecular complexity index is 901. The first-order valence-electron chi connectivity index (χ1n) is 10.1. The van der Waals surface area contributed by atoms with E-state index in [1.165, 1.54) is 47.9 Å². The summed E-state index contributed by atoms with van der Waals surface area (Å²) >= 11 is 0. The average Bonchev–Trinajstić information content (AvgIpc) is 2.89. The van der Waals surface area contributed by atoms with Gasteiger partial charge in [0.25, 0.3) is 0 Å². The summed E-state index contributed by atoms with van der Waals surface area (Å²) in [6.07, 6.45) is 10.7. The average molecular weight is 405 g/mol. The van der Waals surface area contributed by atoms with Crippen molar-refractivity contribution >= 4 is 24.1 Å². The molecule has 5 heteroatoms. The topological polar surface area (TPSA) is 86.6 Å². The van der Waals surface area contributed by atoms with Crippen LogP contribution in [0.4, 0.5) is 0 Å². The molecule has 0 atom stereocenters. The Morgan fingerprint density at radius 1 is 0.867 bits per heavy atom. The summed E-state index contributed by atoms with van der Waals surface area (Å²) in [5.41, 5.74) is 6.00. The zero-order valence-corrected chi connectivity index (χ0v) is 17.0. The van der Waals surface area contributed by atoms with Crippen LogP contribution in [0.2, 0.25) is 0 Å². The van der Waals surface area contributed by atoms with Gasteiger partial charge >= 0.3 is 11.9 Å². The number of carboxylic acid groups (broad SMARTS) is 2. The Morgan fingerprint density at radius 3 is 1.70 bits per heavy atom. The zero-order valence-electron chi connectivity index (χ0n) is 17.0. The third-order valence-corrected chi connectivity index (χ3v) is 6.01. The highest BCUT2D eigenvalue weighted by Crippen LogP contribution is 2.48. The van der Waals surface area contributed by atoms with Crippen LogP contribution in [-0.2, 0) is 15.0 Å². The third kappa shape index (κ3) is 4.69. The van der Waals surface area contributed by atoms with E-state index in [2.05, 4.69) is 73.0 Å². The minimum atomic E-state index is -1.26. The second-order valence-corrected chi connectivity index (χ2v) is 7.66. The molecule has 0 heterocycles. The lowest BCUT2D eigenvalue weighted by Gasteiger charge is -2.42. The number of fused-ring (bicyclic) bond motifs is 4. The van der Waals surface area contributed by atoms with Crippen LogP contribution >= 0.6 is 0 Å². The fourth-order valence-electron chi connectivity index (χ4n) is 4.56. The molecular formula is C25H27NO4. The fourth-order valence-corrected chi connectivity index (χ4v) is 4.56. The number of hydrogen-bond acceptors (Lipinski definition) is 3. The van der Waals surface area contributed by atoms with Crippen molar-refractivity contribution in [2.24, 2.45) is 0 Å². The lowest BCUT2D eigenvalue weighted by atomic mass is 9.63. The summed E-state index contributed by atoms with van der Waals surface area (Å²) in [5, 5.41) is 19.1. The number of aliphatic carboxylic acids is 2. The Hall–Kier alpha value is -3.18.